The molecule has 2 heterocycles. The summed E-state index contributed by atoms with van der Waals surface area (Å²) >= 11 is 0. The predicted octanol–water partition coefficient (Wildman–Crippen LogP) is 4.27. The van der Waals surface area contributed by atoms with Crippen LogP contribution in [0.2, 0.25) is 0 Å². The van der Waals surface area contributed by atoms with E-state index < -0.39 is 35.8 Å². The second-order valence-electron chi connectivity index (χ2n) is 9.76. The lowest BCUT2D eigenvalue weighted by Crippen LogP contribution is -2.51. The lowest BCUT2D eigenvalue weighted by Gasteiger charge is -2.33. The minimum Gasteiger partial charge on any atom is -0.354 e. The molecule has 0 saturated carbocycles. The fourth-order valence-corrected chi connectivity index (χ4v) is 5.07. The van der Waals surface area contributed by atoms with E-state index in [1.807, 2.05) is 44.2 Å². The predicted molar refractivity (Wildman–Crippen MR) is 136 cm³/mol. The van der Waals surface area contributed by atoms with Crippen molar-refractivity contribution in [3.63, 3.8) is 0 Å². The van der Waals surface area contributed by atoms with Crippen LogP contribution in [0.4, 0.5) is 18.0 Å². The number of nitrogens with one attached hydrogen (secondary N) is 2. The van der Waals surface area contributed by atoms with Gasteiger partial charge in [-0.15, -0.1) is 0 Å². The number of hydrogen-bond acceptors (Lipinski definition) is 3. The number of benzene rings is 2. The molecule has 2 aliphatic rings. The number of hydrogen-bond donors (Lipinski definition) is 2. The Morgan fingerprint density at radius 3 is 2.32 bits per heavy atom. The van der Waals surface area contributed by atoms with E-state index in [0.29, 0.717) is 30.8 Å². The molecule has 2 unspecified atom stereocenters. The highest BCUT2D eigenvalue weighted by Crippen LogP contribution is 2.38. The molecule has 0 bridgehead atoms. The van der Waals surface area contributed by atoms with Gasteiger partial charge in [0.2, 0.25) is 5.91 Å². The zero-order chi connectivity index (χ0) is 27.6. The second-order valence-corrected chi connectivity index (χ2v) is 9.76. The number of rotatable bonds is 8. The highest BCUT2D eigenvalue weighted by atomic mass is 19.4. The van der Waals surface area contributed by atoms with Gasteiger partial charge in [0, 0.05) is 13.1 Å². The maximum absolute atomic E-state index is 13.8. The quantitative estimate of drug-likeness (QED) is 0.537. The Balaban J connectivity index is 1.58. The van der Waals surface area contributed by atoms with Gasteiger partial charge in [-0.05, 0) is 42.5 Å². The Hall–Kier alpha value is -3.82. The molecule has 2 N–H and O–H groups in total. The highest BCUT2D eigenvalue weighted by Gasteiger charge is 2.47. The van der Waals surface area contributed by atoms with Crippen molar-refractivity contribution in [1.29, 1.82) is 0 Å². The monoisotopic (exact) mass is 528 g/mol. The van der Waals surface area contributed by atoms with E-state index >= 15 is 0 Å². The molecule has 0 saturated heterocycles. The zero-order valence-corrected chi connectivity index (χ0v) is 21.5. The second kappa shape index (κ2) is 10.9. The number of amides is 4. The van der Waals surface area contributed by atoms with Crippen LogP contribution >= 0.6 is 0 Å². The maximum atomic E-state index is 13.8. The summed E-state index contributed by atoms with van der Waals surface area (Å²) in [7, 11) is 0. The Morgan fingerprint density at radius 1 is 1.08 bits per heavy atom. The molecule has 0 spiro atoms. The lowest BCUT2D eigenvalue weighted by molar-refractivity contribution is -0.138. The van der Waals surface area contributed by atoms with Gasteiger partial charge in [0.25, 0.3) is 5.91 Å². The number of urea groups is 1. The summed E-state index contributed by atoms with van der Waals surface area (Å²) < 4.78 is 39.3. The summed E-state index contributed by atoms with van der Waals surface area (Å²) in [5.74, 6) is -0.932. The summed E-state index contributed by atoms with van der Waals surface area (Å²) in [4.78, 5) is 42.9. The van der Waals surface area contributed by atoms with Crippen LogP contribution < -0.4 is 10.6 Å². The topological polar surface area (TPSA) is 81.8 Å². The molecule has 2 atom stereocenters. The van der Waals surface area contributed by atoms with Crippen LogP contribution in [0.15, 0.2) is 65.9 Å². The molecular formula is C28H31F3N4O3. The molecule has 202 valence electrons. The SMILES string of the molecule is CCN1C(=O)NC(c2ccc(C(F)(F)F)cc2)C2=C1CN(C(C(=O)NCCc1ccccc1)C(C)C)C2=O. The van der Waals surface area contributed by atoms with Crippen LogP contribution in [0.3, 0.4) is 0 Å². The molecule has 2 aromatic rings. The third kappa shape index (κ3) is 5.39. The normalized spacial score (nSPS) is 18.6. The number of carbonyl (C=O) groups excluding carboxylic acids is 3. The highest BCUT2D eigenvalue weighted by molar-refractivity contribution is 6.03. The zero-order valence-electron chi connectivity index (χ0n) is 21.5. The molecule has 4 amide bonds. The maximum Gasteiger partial charge on any atom is 0.416 e. The first-order valence-corrected chi connectivity index (χ1v) is 12.6. The summed E-state index contributed by atoms with van der Waals surface area (Å²) in [6, 6.07) is 12.0. The number of likely N-dealkylation sites (N-methyl/N-ethyl adjacent to an activating group) is 1. The average molecular weight is 529 g/mol. The van der Waals surface area contributed by atoms with Crippen LogP contribution in [0.1, 0.15) is 43.5 Å². The molecular weight excluding hydrogens is 497 g/mol. The Kier molecular flexibility index (Phi) is 7.80. The molecule has 0 fully saturated rings. The molecule has 2 aliphatic heterocycles. The standard InChI is InChI=1S/C28H31F3N4O3/c1-4-34-21-16-35(24(17(2)3)25(36)32-15-14-18-8-6-5-7-9-18)26(37)22(21)23(33-27(34)38)19-10-12-20(13-11-19)28(29,30)31/h5-13,17,23-24H,4,14-16H2,1-3H3,(H,32,36)(H,33,38). The van der Waals surface area contributed by atoms with Gasteiger partial charge in [-0.1, -0.05) is 56.3 Å². The average Bonchev–Trinajstić information content (AvgIpc) is 3.20. The Bertz CT molecular complexity index is 1230. The molecule has 0 radical (unpaired) electrons. The van der Waals surface area contributed by atoms with E-state index in [4.69, 9.17) is 0 Å². The minimum atomic E-state index is -4.50. The van der Waals surface area contributed by atoms with Gasteiger partial charge in [-0.25, -0.2) is 4.79 Å². The first-order chi connectivity index (χ1) is 18.0. The fraction of sp³-hybridized carbons (Fsp3) is 0.393. The van der Waals surface area contributed by atoms with E-state index in [9.17, 15) is 27.6 Å². The van der Waals surface area contributed by atoms with Crippen molar-refractivity contribution < 1.29 is 27.6 Å². The van der Waals surface area contributed by atoms with Crippen molar-refractivity contribution in [3.8, 4) is 0 Å². The summed E-state index contributed by atoms with van der Waals surface area (Å²) in [5, 5.41) is 5.70. The number of alkyl halides is 3. The number of halogens is 3. The van der Waals surface area contributed by atoms with E-state index in [2.05, 4.69) is 10.6 Å². The first-order valence-electron chi connectivity index (χ1n) is 12.6. The summed E-state index contributed by atoms with van der Waals surface area (Å²) in [6.07, 6.45) is -3.87. The van der Waals surface area contributed by atoms with Crippen molar-refractivity contribution in [2.24, 2.45) is 5.92 Å². The van der Waals surface area contributed by atoms with Gasteiger partial charge in [-0.3, -0.25) is 14.5 Å². The number of nitrogens with zero attached hydrogens (tertiary/aromatic N) is 2. The summed E-state index contributed by atoms with van der Waals surface area (Å²) in [5.41, 5.74) is 1.35. The van der Waals surface area contributed by atoms with Crippen LogP contribution in [-0.4, -0.2) is 53.3 Å². The Morgan fingerprint density at radius 2 is 1.74 bits per heavy atom. The van der Waals surface area contributed by atoms with Crippen molar-refractivity contribution in [1.82, 2.24) is 20.4 Å². The molecule has 0 aliphatic carbocycles. The van der Waals surface area contributed by atoms with Gasteiger partial charge in [0.05, 0.1) is 29.4 Å². The van der Waals surface area contributed by atoms with Gasteiger partial charge >= 0.3 is 12.2 Å². The molecule has 10 heteroatoms. The van der Waals surface area contributed by atoms with Crippen molar-refractivity contribution in [3.05, 3.63) is 82.6 Å². The van der Waals surface area contributed by atoms with Gasteiger partial charge < -0.3 is 15.5 Å². The molecule has 38 heavy (non-hydrogen) atoms. The van der Waals surface area contributed by atoms with Gasteiger partial charge in [0.1, 0.15) is 6.04 Å². The van der Waals surface area contributed by atoms with E-state index in [-0.39, 0.29) is 23.9 Å². The largest absolute Gasteiger partial charge is 0.416 e. The van der Waals surface area contributed by atoms with E-state index in [0.717, 1.165) is 17.7 Å². The van der Waals surface area contributed by atoms with Crippen LogP contribution in [0, 0.1) is 5.92 Å². The van der Waals surface area contributed by atoms with Crippen LogP contribution in [0.25, 0.3) is 0 Å². The third-order valence-corrected chi connectivity index (χ3v) is 6.93. The third-order valence-electron chi connectivity index (χ3n) is 6.93. The first kappa shape index (κ1) is 27.2. The van der Waals surface area contributed by atoms with Crippen molar-refractivity contribution >= 4 is 17.8 Å². The van der Waals surface area contributed by atoms with Crippen LogP contribution in [0.5, 0.6) is 0 Å². The molecule has 2 aromatic carbocycles. The smallest absolute Gasteiger partial charge is 0.354 e. The van der Waals surface area contributed by atoms with Gasteiger partial charge in [-0.2, -0.15) is 13.2 Å². The Labute approximate surface area is 219 Å². The minimum absolute atomic E-state index is 0.0571. The van der Waals surface area contributed by atoms with E-state index in [1.165, 1.54) is 21.9 Å². The van der Waals surface area contributed by atoms with Crippen molar-refractivity contribution in [2.45, 2.75) is 45.5 Å². The molecule has 7 nitrogen and oxygen atoms in total. The van der Waals surface area contributed by atoms with Gasteiger partial charge in [0.15, 0.2) is 0 Å². The summed E-state index contributed by atoms with van der Waals surface area (Å²) in [6.45, 7) is 6.21. The lowest BCUT2D eigenvalue weighted by atomic mass is 9.94. The number of carbonyl (C=O) groups is 3. The van der Waals surface area contributed by atoms with Crippen LogP contribution in [-0.2, 0) is 22.2 Å². The fourth-order valence-electron chi connectivity index (χ4n) is 5.07. The molecule has 4 rings (SSSR count). The molecule has 0 aromatic heterocycles. The van der Waals surface area contributed by atoms with E-state index in [1.54, 1.807) is 6.92 Å². The van der Waals surface area contributed by atoms with Crippen molar-refractivity contribution in [2.75, 3.05) is 19.6 Å².